The van der Waals surface area contributed by atoms with E-state index >= 15 is 0 Å². The Hall–Kier alpha value is -2.14. The normalized spacial score (nSPS) is 15.6. The van der Waals surface area contributed by atoms with Gasteiger partial charge in [-0.15, -0.1) is 0 Å². The molecule has 2 aromatic heterocycles. The topological polar surface area (TPSA) is 86.7 Å². The summed E-state index contributed by atoms with van der Waals surface area (Å²) in [5.74, 6) is -2.37. The van der Waals surface area contributed by atoms with Crippen molar-refractivity contribution in [2.45, 2.75) is 12.9 Å². The first-order chi connectivity index (χ1) is 11.6. The molecule has 1 N–H and O–H groups in total. The summed E-state index contributed by atoms with van der Waals surface area (Å²) in [6.07, 6.45) is 0.340. The lowest BCUT2D eigenvalue weighted by molar-refractivity contribution is -0.0467. The molecule has 7 nitrogen and oxygen atoms in total. The van der Waals surface area contributed by atoms with Crippen LogP contribution in [0.3, 0.4) is 0 Å². The van der Waals surface area contributed by atoms with Crippen LogP contribution < -0.4 is 4.87 Å². The third kappa shape index (κ3) is 2.26. The van der Waals surface area contributed by atoms with Crippen molar-refractivity contribution < 1.29 is 27.9 Å². The highest BCUT2D eigenvalue weighted by Gasteiger charge is 2.28. The maximum Gasteiger partial charge on any atom is 0.313 e. The summed E-state index contributed by atoms with van der Waals surface area (Å²) in [6, 6.07) is 1.29. The smallest absolute Gasteiger partial charge is 0.313 e. The first kappa shape index (κ1) is 15.4. The summed E-state index contributed by atoms with van der Waals surface area (Å²) in [4.78, 5) is 12.0. The quantitative estimate of drug-likeness (QED) is 0.771. The standard InChI is InChI=1S/C14H10F2N2O5S/c15-9-7(13-21-1-2-22-13)3-8-11(10(9)16)23-17-12(8)18-4-6(5-19)24-14(18)20/h3-4,13,19H,1-2,5H2. The number of benzene rings is 1. The molecule has 126 valence electrons. The Kier molecular flexibility index (Phi) is 3.68. The summed E-state index contributed by atoms with van der Waals surface area (Å²) in [5.41, 5.74) is -0.541. The average molecular weight is 356 g/mol. The number of aliphatic hydroxyl groups is 1. The number of fused-ring (bicyclic) bond motifs is 1. The molecule has 4 rings (SSSR count). The number of thiazole rings is 1. The van der Waals surface area contributed by atoms with Crippen LogP contribution in [0.15, 0.2) is 21.6 Å². The Morgan fingerprint density at radius 3 is 2.75 bits per heavy atom. The van der Waals surface area contributed by atoms with E-state index in [0.717, 1.165) is 15.9 Å². The largest absolute Gasteiger partial charge is 0.391 e. The number of nitrogens with zero attached hydrogens (tertiary/aromatic N) is 2. The van der Waals surface area contributed by atoms with Crippen LogP contribution in [0.25, 0.3) is 16.8 Å². The van der Waals surface area contributed by atoms with Crippen LogP contribution in [0.2, 0.25) is 0 Å². The van der Waals surface area contributed by atoms with Gasteiger partial charge in [0.15, 0.2) is 17.9 Å². The van der Waals surface area contributed by atoms with Gasteiger partial charge in [0.1, 0.15) is 0 Å². The van der Waals surface area contributed by atoms with Gasteiger partial charge in [-0.3, -0.25) is 9.36 Å². The Morgan fingerprint density at radius 2 is 2.08 bits per heavy atom. The molecule has 1 fully saturated rings. The molecule has 1 saturated heterocycles. The zero-order valence-electron chi connectivity index (χ0n) is 12.0. The minimum Gasteiger partial charge on any atom is -0.391 e. The van der Waals surface area contributed by atoms with Gasteiger partial charge in [-0.25, -0.2) is 4.39 Å². The summed E-state index contributed by atoms with van der Waals surface area (Å²) in [6.45, 7) is 0.217. The minimum atomic E-state index is -1.23. The molecule has 0 radical (unpaired) electrons. The fraction of sp³-hybridized carbons (Fsp3) is 0.286. The van der Waals surface area contributed by atoms with E-state index in [1.54, 1.807) is 0 Å². The van der Waals surface area contributed by atoms with E-state index < -0.39 is 28.4 Å². The van der Waals surface area contributed by atoms with Gasteiger partial charge in [-0.2, -0.15) is 4.39 Å². The van der Waals surface area contributed by atoms with E-state index in [1.807, 2.05) is 0 Å². The summed E-state index contributed by atoms with van der Waals surface area (Å²) < 4.78 is 44.9. The summed E-state index contributed by atoms with van der Waals surface area (Å²) in [7, 11) is 0. The van der Waals surface area contributed by atoms with Crippen molar-refractivity contribution in [2.24, 2.45) is 0 Å². The molecule has 1 aliphatic heterocycles. The fourth-order valence-electron chi connectivity index (χ4n) is 2.51. The van der Waals surface area contributed by atoms with Crippen molar-refractivity contribution in [1.82, 2.24) is 9.72 Å². The fourth-order valence-corrected chi connectivity index (χ4v) is 3.20. The zero-order chi connectivity index (χ0) is 16.8. The molecule has 0 aliphatic carbocycles. The molecule has 24 heavy (non-hydrogen) atoms. The molecule has 0 bridgehead atoms. The predicted molar refractivity (Wildman–Crippen MR) is 78.0 cm³/mol. The first-order valence-electron chi connectivity index (χ1n) is 6.93. The molecule has 1 aromatic carbocycles. The van der Waals surface area contributed by atoms with Crippen molar-refractivity contribution in [2.75, 3.05) is 13.2 Å². The molecular formula is C14H10F2N2O5S. The Morgan fingerprint density at radius 1 is 1.33 bits per heavy atom. The van der Waals surface area contributed by atoms with Crippen LogP contribution >= 0.6 is 11.3 Å². The number of aromatic nitrogens is 2. The molecule has 3 heterocycles. The highest BCUT2D eigenvalue weighted by Crippen LogP contribution is 2.34. The molecule has 0 atom stereocenters. The van der Waals surface area contributed by atoms with E-state index in [2.05, 4.69) is 5.16 Å². The van der Waals surface area contributed by atoms with Gasteiger partial charge in [0.05, 0.1) is 30.1 Å². The Balaban J connectivity index is 1.94. The second-order valence-electron chi connectivity index (χ2n) is 5.04. The minimum absolute atomic E-state index is 0.00379. The van der Waals surface area contributed by atoms with Crippen molar-refractivity contribution >= 4 is 22.3 Å². The lowest BCUT2D eigenvalue weighted by atomic mass is 10.1. The monoisotopic (exact) mass is 356 g/mol. The van der Waals surface area contributed by atoms with Crippen LogP contribution in [-0.4, -0.2) is 28.0 Å². The maximum absolute atomic E-state index is 14.3. The van der Waals surface area contributed by atoms with Crippen LogP contribution in [0.4, 0.5) is 8.78 Å². The lowest BCUT2D eigenvalue weighted by Gasteiger charge is -2.11. The van der Waals surface area contributed by atoms with Gasteiger partial charge in [0.2, 0.25) is 11.4 Å². The van der Waals surface area contributed by atoms with Gasteiger partial charge in [0.25, 0.3) is 0 Å². The number of hydrogen-bond donors (Lipinski definition) is 1. The maximum atomic E-state index is 14.3. The average Bonchev–Trinajstić information content (AvgIpc) is 3.29. The van der Waals surface area contributed by atoms with Crippen molar-refractivity contribution in [3.63, 3.8) is 0 Å². The van der Waals surface area contributed by atoms with Crippen molar-refractivity contribution in [3.8, 4) is 5.82 Å². The SMILES string of the molecule is O=c1sc(CO)cn1-c1noc2c(F)c(F)c(C3OCCO3)cc12. The Bertz CT molecular complexity index is 974. The second kappa shape index (κ2) is 5.74. The molecule has 0 spiro atoms. The highest BCUT2D eigenvalue weighted by atomic mass is 32.1. The van der Waals surface area contributed by atoms with Crippen LogP contribution in [-0.2, 0) is 16.1 Å². The lowest BCUT2D eigenvalue weighted by Crippen LogP contribution is -2.10. The molecule has 1 aliphatic rings. The van der Waals surface area contributed by atoms with Crippen molar-refractivity contribution in [3.05, 3.63) is 44.0 Å². The van der Waals surface area contributed by atoms with Crippen LogP contribution in [0, 0.1) is 11.6 Å². The number of ether oxygens (including phenoxy) is 2. The van der Waals surface area contributed by atoms with Gasteiger partial charge in [-0.05, 0) is 6.07 Å². The molecule has 0 saturated carbocycles. The van der Waals surface area contributed by atoms with E-state index in [9.17, 15) is 13.6 Å². The van der Waals surface area contributed by atoms with Gasteiger partial charge in [-0.1, -0.05) is 16.5 Å². The number of aliphatic hydroxyl groups excluding tert-OH is 1. The third-order valence-electron chi connectivity index (χ3n) is 3.60. The predicted octanol–water partition coefficient (Wildman–Crippen LogP) is 1.86. The second-order valence-corrected chi connectivity index (χ2v) is 6.12. The van der Waals surface area contributed by atoms with Crippen molar-refractivity contribution in [1.29, 1.82) is 0 Å². The molecule has 3 aromatic rings. The molecule has 10 heteroatoms. The zero-order valence-corrected chi connectivity index (χ0v) is 12.8. The molecule has 0 unspecified atom stereocenters. The summed E-state index contributed by atoms with van der Waals surface area (Å²) >= 11 is 0.817. The van der Waals surface area contributed by atoms with Gasteiger partial charge >= 0.3 is 4.87 Å². The first-order valence-corrected chi connectivity index (χ1v) is 7.75. The Labute approximate surface area is 136 Å². The highest BCUT2D eigenvalue weighted by molar-refractivity contribution is 7.09. The van der Waals surface area contributed by atoms with Crippen LogP contribution in [0.1, 0.15) is 16.7 Å². The van der Waals surface area contributed by atoms with Gasteiger partial charge in [0, 0.05) is 11.8 Å². The number of halogens is 2. The number of hydrogen-bond acceptors (Lipinski definition) is 7. The van der Waals surface area contributed by atoms with E-state index in [4.69, 9.17) is 19.1 Å². The van der Waals surface area contributed by atoms with E-state index in [1.165, 1.54) is 12.3 Å². The molecular weight excluding hydrogens is 346 g/mol. The van der Waals surface area contributed by atoms with E-state index in [-0.39, 0.29) is 36.6 Å². The van der Waals surface area contributed by atoms with Crippen LogP contribution in [0.5, 0.6) is 0 Å². The number of rotatable bonds is 3. The molecule has 0 amide bonds. The van der Waals surface area contributed by atoms with E-state index in [0.29, 0.717) is 4.88 Å². The summed E-state index contributed by atoms with van der Waals surface area (Å²) in [5, 5.41) is 12.9. The third-order valence-corrected chi connectivity index (χ3v) is 4.47. The van der Waals surface area contributed by atoms with Gasteiger partial charge < -0.3 is 19.1 Å².